The summed E-state index contributed by atoms with van der Waals surface area (Å²) >= 11 is 7.64. The van der Waals surface area contributed by atoms with E-state index in [4.69, 9.17) is 11.6 Å². The van der Waals surface area contributed by atoms with Crippen LogP contribution in [0.15, 0.2) is 59.5 Å². The number of amides is 2. The Morgan fingerprint density at radius 1 is 1.03 bits per heavy atom. The molecule has 0 saturated heterocycles. The van der Waals surface area contributed by atoms with E-state index in [1.807, 2.05) is 61.5 Å². The van der Waals surface area contributed by atoms with E-state index < -0.39 is 6.04 Å². The highest BCUT2D eigenvalue weighted by Crippen LogP contribution is 2.22. The number of rotatable bonds is 13. The summed E-state index contributed by atoms with van der Waals surface area (Å²) in [4.78, 5) is 28.9. The standard InChI is InChI=1S/C25H33ClN2O2S/c1-3-5-17-27-25(30)23(4-2)28(19-20-10-7-6-8-11-20)24(29)12-9-18-31-22-15-13-21(26)14-16-22/h6-8,10-11,13-16,23H,3-5,9,12,17-19H2,1-2H3,(H,27,30)/t23-/m0/s1. The third kappa shape index (κ3) is 8.96. The maximum atomic E-state index is 13.2. The zero-order valence-corrected chi connectivity index (χ0v) is 20.1. The van der Waals surface area contributed by atoms with Crippen molar-refractivity contribution in [2.75, 3.05) is 12.3 Å². The minimum atomic E-state index is -0.450. The van der Waals surface area contributed by atoms with E-state index in [0.717, 1.165) is 40.5 Å². The Morgan fingerprint density at radius 3 is 2.39 bits per heavy atom. The molecule has 2 rings (SSSR count). The van der Waals surface area contributed by atoms with Crippen LogP contribution in [0.25, 0.3) is 0 Å². The van der Waals surface area contributed by atoms with Crippen molar-refractivity contribution in [2.45, 2.75) is 63.4 Å². The van der Waals surface area contributed by atoms with E-state index in [1.165, 1.54) is 0 Å². The quantitative estimate of drug-likeness (QED) is 0.297. The van der Waals surface area contributed by atoms with Crippen molar-refractivity contribution in [1.82, 2.24) is 10.2 Å². The Balaban J connectivity index is 1.99. The van der Waals surface area contributed by atoms with Gasteiger partial charge in [-0.05, 0) is 54.8 Å². The summed E-state index contributed by atoms with van der Waals surface area (Å²) in [5, 5.41) is 3.72. The topological polar surface area (TPSA) is 49.4 Å². The van der Waals surface area contributed by atoms with E-state index in [1.54, 1.807) is 16.7 Å². The number of carbonyl (C=O) groups is 2. The summed E-state index contributed by atoms with van der Waals surface area (Å²) in [5.41, 5.74) is 1.03. The zero-order chi connectivity index (χ0) is 22.5. The number of thioether (sulfide) groups is 1. The third-order valence-corrected chi connectivity index (χ3v) is 6.38. The first-order chi connectivity index (χ1) is 15.0. The first-order valence-corrected chi connectivity index (χ1v) is 12.4. The molecular weight excluding hydrogens is 428 g/mol. The molecule has 168 valence electrons. The van der Waals surface area contributed by atoms with Crippen LogP contribution in [-0.2, 0) is 16.1 Å². The summed E-state index contributed by atoms with van der Waals surface area (Å²) < 4.78 is 0. The number of nitrogens with one attached hydrogen (secondary N) is 1. The van der Waals surface area contributed by atoms with Crippen LogP contribution in [-0.4, -0.2) is 35.1 Å². The number of benzene rings is 2. The first-order valence-electron chi connectivity index (χ1n) is 11.0. The summed E-state index contributed by atoms with van der Waals surface area (Å²) in [5.74, 6) is 0.806. The molecule has 0 spiro atoms. The predicted molar refractivity (Wildman–Crippen MR) is 130 cm³/mol. The fraction of sp³-hybridized carbons (Fsp3) is 0.440. The van der Waals surface area contributed by atoms with Gasteiger partial charge in [-0.25, -0.2) is 0 Å². The van der Waals surface area contributed by atoms with Crippen LogP contribution in [0.4, 0.5) is 0 Å². The second-order valence-corrected chi connectivity index (χ2v) is 9.09. The van der Waals surface area contributed by atoms with Crippen LogP contribution in [0.1, 0.15) is 51.5 Å². The highest BCUT2D eigenvalue weighted by molar-refractivity contribution is 7.99. The van der Waals surface area contributed by atoms with Gasteiger partial charge in [-0.1, -0.05) is 62.2 Å². The Hall–Kier alpha value is -1.98. The molecule has 2 aromatic carbocycles. The molecule has 0 unspecified atom stereocenters. The van der Waals surface area contributed by atoms with E-state index in [2.05, 4.69) is 12.2 Å². The summed E-state index contributed by atoms with van der Waals surface area (Å²) in [7, 11) is 0. The SMILES string of the molecule is CCCCNC(=O)[C@H](CC)N(Cc1ccccc1)C(=O)CCCSc1ccc(Cl)cc1. The van der Waals surface area contributed by atoms with Gasteiger partial charge in [0.25, 0.3) is 0 Å². The lowest BCUT2D eigenvalue weighted by Crippen LogP contribution is -2.49. The number of halogens is 1. The largest absolute Gasteiger partial charge is 0.354 e. The van der Waals surface area contributed by atoms with Gasteiger partial charge in [-0.2, -0.15) is 0 Å². The molecule has 0 aromatic heterocycles. The maximum absolute atomic E-state index is 13.2. The van der Waals surface area contributed by atoms with Gasteiger partial charge in [-0.3, -0.25) is 9.59 Å². The van der Waals surface area contributed by atoms with Gasteiger partial charge in [0.2, 0.25) is 11.8 Å². The monoisotopic (exact) mass is 460 g/mol. The Labute approximate surface area is 195 Å². The van der Waals surface area contributed by atoms with Crippen molar-refractivity contribution in [3.63, 3.8) is 0 Å². The molecular formula is C25H33ClN2O2S. The number of nitrogens with zero attached hydrogens (tertiary/aromatic N) is 1. The molecule has 2 amide bonds. The fourth-order valence-electron chi connectivity index (χ4n) is 3.29. The minimum absolute atomic E-state index is 0.0260. The maximum Gasteiger partial charge on any atom is 0.242 e. The second kappa shape index (κ2) is 14.2. The highest BCUT2D eigenvalue weighted by Gasteiger charge is 2.28. The van der Waals surface area contributed by atoms with Crippen LogP contribution >= 0.6 is 23.4 Å². The molecule has 0 saturated carbocycles. The lowest BCUT2D eigenvalue weighted by atomic mass is 10.1. The number of unbranched alkanes of at least 4 members (excludes halogenated alkanes) is 1. The molecule has 1 atom stereocenters. The van der Waals surface area contributed by atoms with Gasteiger partial charge in [-0.15, -0.1) is 11.8 Å². The van der Waals surface area contributed by atoms with Gasteiger partial charge in [0.1, 0.15) is 6.04 Å². The summed E-state index contributed by atoms with van der Waals surface area (Å²) in [6.07, 6.45) is 3.74. The molecule has 2 aromatic rings. The number of carbonyl (C=O) groups excluding carboxylic acids is 2. The van der Waals surface area contributed by atoms with E-state index in [-0.39, 0.29) is 11.8 Å². The van der Waals surface area contributed by atoms with Crippen molar-refractivity contribution in [3.8, 4) is 0 Å². The Kier molecular flexibility index (Phi) is 11.5. The molecule has 31 heavy (non-hydrogen) atoms. The van der Waals surface area contributed by atoms with Crippen LogP contribution in [0.3, 0.4) is 0 Å². The molecule has 0 aliphatic carbocycles. The summed E-state index contributed by atoms with van der Waals surface area (Å²) in [6.45, 7) is 5.16. The zero-order valence-electron chi connectivity index (χ0n) is 18.5. The lowest BCUT2D eigenvalue weighted by Gasteiger charge is -2.30. The molecule has 0 fully saturated rings. The van der Waals surface area contributed by atoms with Gasteiger partial charge >= 0.3 is 0 Å². The Bertz CT molecular complexity index is 799. The Morgan fingerprint density at radius 2 is 1.74 bits per heavy atom. The van der Waals surface area contributed by atoms with E-state index in [9.17, 15) is 9.59 Å². The number of hydrogen-bond acceptors (Lipinski definition) is 3. The normalized spacial score (nSPS) is 11.7. The average molecular weight is 461 g/mol. The molecule has 0 heterocycles. The third-order valence-electron chi connectivity index (χ3n) is 5.03. The van der Waals surface area contributed by atoms with Gasteiger partial charge in [0.05, 0.1) is 0 Å². The van der Waals surface area contributed by atoms with Crippen molar-refractivity contribution in [2.24, 2.45) is 0 Å². The average Bonchev–Trinajstić information content (AvgIpc) is 2.78. The van der Waals surface area contributed by atoms with Crippen LogP contribution in [0.5, 0.6) is 0 Å². The van der Waals surface area contributed by atoms with Crippen molar-refractivity contribution >= 4 is 35.2 Å². The molecule has 1 N–H and O–H groups in total. The summed E-state index contributed by atoms with van der Waals surface area (Å²) in [6, 6.07) is 17.2. The minimum Gasteiger partial charge on any atom is -0.354 e. The first kappa shape index (κ1) is 25.3. The van der Waals surface area contributed by atoms with Crippen molar-refractivity contribution < 1.29 is 9.59 Å². The lowest BCUT2D eigenvalue weighted by molar-refractivity contribution is -0.141. The van der Waals surface area contributed by atoms with Gasteiger partial charge < -0.3 is 10.2 Å². The van der Waals surface area contributed by atoms with Gasteiger partial charge in [0, 0.05) is 29.4 Å². The highest BCUT2D eigenvalue weighted by atomic mass is 35.5. The molecule has 6 heteroatoms. The fourth-order valence-corrected chi connectivity index (χ4v) is 4.27. The van der Waals surface area contributed by atoms with Crippen LogP contribution < -0.4 is 5.32 Å². The predicted octanol–water partition coefficient (Wildman–Crippen LogP) is 5.94. The molecule has 0 bridgehead atoms. The number of hydrogen-bond donors (Lipinski definition) is 1. The van der Waals surface area contributed by atoms with E-state index in [0.29, 0.717) is 25.9 Å². The molecule has 4 nitrogen and oxygen atoms in total. The smallest absolute Gasteiger partial charge is 0.242 e. The van der Waals surface area contributed by atoms with Gasteiger partial charge in [0.15, 0.2) is 0 Å². The van der Waals surface area contributed by atoms with E-state index >= 15 is 0 Å². The van der Waals surface area contributed by atoms with Crippen molar-refractivity contribution in [1.29, 1.82) is 0 Å². The van der Waals surface area contributed by atoms with Crippen molar-refractivity contribution in [3.05, 3.63) is 65.2 Å². The van der Waals surface area contributed by atoms with Crippen LogP contribution in [0.2, 0.25) is 5.02 Å². The molecule has 0 radical (unpaired) electrons. The molecule has 0 aliphatic rings. The second-order valence-electron chi connectivity index (χ2n) is 7.48. The molecule has 0 aliphatic heterocycles. The van der Waals surface area contributed by atoms with Crippen LogP contribution in [0, 0.1) is 0 Å².